The summed E-state index contributed by atoms with van der Waals surface area (Å²) in [6.07, 6.45) is 3.02. The van der Waals surface area contributed by atoms with Gasteiger partial charge in [0.25, 0.3) is 0 Å². The normalized spacial score (nSPS) is 10.6. The van der Waals surface area contributed by atoms with E-state index in [-0.39, 0.29) is 18.3 Å². The molecule has 0 radical (unpaired) electrons. The second-order valence-electron chi connectivity index (χ2n) is 3.00. The Morgan fingerprint density at radius 2 is 2.33 bits per heavy atom. The minimum atomic E-state index is -0.360. The van der Waals surface area contributed by atoms with Crippen molar-refractivity contribution in [1.29, 1.82) is 0 Å². The van der Waals surface area contributed by atoms with Gasteiger partial charge in [0, 0.05) is 17.8 Å². The van der Waals surface area contributed by atoms with E-state index in [1.54, 1.807) is 13.0 Å². The number of amides is 1. The van der Waals surface area contributed by atoms with Gasteiger partial charge in [0.15, 0.2) is 0 Å². The average Bonchev–Trinajstić information content (AvgIpc) is 2.21. The molecule has 4 heteroatoms. The van der Waals surface area contributed by atoms with Crippen LogP contribution in [0.5, 0.6) is 0 Å². The van der Waals surface area contributed by atoms with Crippen molar-refractivity contribution < 1.29 is 9.18 Å². The lowest BCUT2D eigenvalue weighted by Crippen LogP contribution is -2.09. The summed E-state index contributed by atoms with van der Waals surface area (Å²) in [6.45, 7) is 1.86. The van der Waals surface area contributed by atoms with Crippen molar-refractivity contribution in [3.63, 3.8) is 0 Å². The van der Waals surface area contributed by atoms with Crippen LogP contribution in [0.1, 0.15) is 12.5 Å². The highest BCUT2D eigenvalue weighted by atomic mass is 19.1. The van der Waals surface area contributed by atoms with Crippen molar-refractivity contribution in [2.24, 2.45) is 5.73 Å². The zero-order valence-corrected chi connectivity index (χ0v) is 8.46. The van der Waals surface area contributed by atoms with E-state index in [9.17, 15) is 9.18 Å². The highest BCUT2D eigenvalue weighted by Crippen LogP contribution is 2.14. The van der Waals surface area contributed by atoms with Crippen molar-refractivity contribution in [3.05, 3.63) is 41.7 Å². The number of nitrogens with two attached hydrogens (primary N) is 1. The van der Waals surface area contributed by atoms with Crippen LogP contribution in [-0.4, -0.2) is 5.91 Å². The molecule has 15 heavy (non-hydrogen) atoms. The number of carbonyl (C=O) groups excluding carboxylic acids is 1. The van der Waals surface area contributed by atoms with E-state index in [1.807, 2.05) is 0 Å². The molecule has 0 aliphatic rings. The van der Waals surface area contributed by atoms with E-state index < -0.39 is 0 Å². The molecular formula is C11H13FN2O. The van der Waals surface area contributed by atoms with Gasteiger partial charge >= 0.3 is 0 Å². The Morgan fingerprint density at radius 3 is 2.93 bits per heavy atom. The van der Waals surface area contributed by atoms with Gasteiger partial charge in [-0.1, -0.05) is 6.08 Å². The van der Waals surface area contributed by atoms with Gasteiger partial charge in [-0.15, -0.1) is 0 Å². The van der Waals surface area contributed by atoms with Crippen molar-refractivity contribution in [2.75, 3.05) is 5.32 Å². The molecule has 0 unspecified atom stereocenters. The van der Waals surface area contributed by atoms with Gasteiger partial charge in [-0.25, -0.2) is 4.39 Å². The Balaban J connectivity index is 2.83. The highest BCUT2D eigenvalue weighted by molar-refractivity contribution is 5.99. The van der Waals surface area contributed by atoms with E-state index in [1.165, 1.54) is 24.3 Å². The van der Waals surface area contributed by atoms with Gasteiger partial charge in [0.1, 0.15) is 5.82 Å². The Morgan fingerprint density at radius 1 is 1.60 bits per heavy atom. The van der Waals surface area contributed by atoms with Crippen molar-refractivity contribution in [1.82, 2.24) is 0 Å². The van der Waals surface area contributed by atoms with Crippen LogP contribution < -0.4 is 11.1 Å². The van der Waals surface area contributed by atoms with E-state index in [2.05, 4.69) is 5.32 Å². The number of hydrogen-bond acceptors (Lipinski definition) is 2. The number of carbonyl (C=O) groups is 1. The molecule has 1 aromatic rings. The van der Waals surface area contributed by atoms with E-state index in [0.29, 0.717) is 11.3 Å². The maximum absolute atomic E-state index is 13.0. The quantitative estimate of drug-likeness (QED) is 0.744. The van der Waals surface area contributed by atoms with Crippen LogP contribution in [0.3, 0.4) is 0 Å². The summed E-state index contributed by atoms with van der Waals surface area (Å²) in [5.74, 6) is -0.603. The van der Waals surface area contributed by atoms with Gasteiger partial charge in [-0.05, 0) is 31.2 Å². The lowest BCUT2D eigenvalue weighted by atomic mass is 10.2. The number of anilines is 1. The number of rotatable bonds is 3. The van der Waals surface area contributed by atoms with Crippen LogP contribution >= 0.6 is 0 Å². The summed E-state index contributed by atoms with van der Waals surface area (Å²) >= 11 is 0. The third kappa shape index (κ3) is 3.18. The van der Waals surface area contributed by atoms with Crippen LogP contribution in [0.4, 0.5) is 10.1 Å². The molecule has 0 heterocycles. The van der Waals surface area contributed by atoms with Gasteiger partial charge in [-0.2, -0.15) is 0 Å². The van der Waals surface area contributed by atoms with Gasteiger partial charge in [-0.3, -0.25) is 4.79 Å². The molecule has 1 amide bonds. The number of allylic oxidation sites excluding steroid dienone is 1. The Kier molecular flexibility index (Phi) is 4.00. The van der Waals surface area contributed by atoms with Crippen molar-refractivity contribution in [3.8, 4) is 0 Å². The summed E-state index contributed by atoms with van der Waals surface area (Å²) in [4.78, 5) is 11.2. The molecule has 1 rings (SSSR count). The SMILES string of the molecule is C/C=C/C(=O)Nc1ccc(F)c(CN)c1. The molecule has 80 valence electrons. The lowest BCUT2D eigenvalue weighted by molar-refractivity contribution is -0.111. The predicted octanol–water partition coefficient (Wildman–Crippen LogP) is 1.80. The first-order chi connectivity index (χ1) is 7.17. The molecule has 0 bridgehead atoms. The summed E-state index contributed by atoms with van der Waals surface area (Å²) in [5.41, 5.74) is 6.27. The first-order valence-electron chi connectivity index (χ1n) is 4.59. The fourth-order valence-corrected chi connectivity index (χ4v) is 1.14. The summed E-state index contributed by atoms with van der Waals surface area (Å²) in [5, 5.41) is 2.60. The monoisotopic (exact) mass is 208 g/mol. The molecule has 3 nitrogen and oxygen atoms in total. The molecule has 0 fully saturated rings. The van der Waals surface area contributed by atoms with Crippen LogP contribution in [0.15, 0.2) is 30.4 Å². The van der Waals surface area contributed by atoms with Gasteiger partial charge in [0.2, 0.25) is 5.91 Å². The Hall–Kier alpha value is -1.68. The molecule has 0 aliphatic carbocycles. The summed E-state index contributed by atoms with van der Waals surface area (Å²) < 4.78 is 13.0. The summed E-state index contributed by atoms with van der Waals surface area (Å²) in [6, 6.07) is 4.31. The number of nitrogens with one attached hydrogen (secondary N) is 1. The standard InChI is InChI=1S/C11H13FN2O/c1-2-3-11(15)14-9-4-5-10(12)8(6-9)7-13/h2-6H,7,13H2,1H3,(H,14,15)/b3-2+. The Bertz CT molecular complexity index is 388. The van der Waals surface area contributed by atoms with Crippen LogP contribution in [0.25, 0.3) is 0 Å². The maximum Gasteiger partial charge on any atom is 0.248 e. The second kappa shape index (κ2) is 5.26. The Labute approximate surface area is 87.8 Å². The smallest absolute Gasteiger partial charge is 0.248 e. The lowest BCUT2D eigenvalue weighted by Gasteiger charge is -2.05. The largest absolute Gasteiger partial charge is 0.326 e. The van der Waals surface area contributed by atoms with Crippen molar-refractivity contribution in [2.45, 2.75) is 13.5 Å². The first-order valence-corrected chi connectivity index (χ1v) is 4.59. The topological polar surface area (TPSA) is 55.1 Å². The third-order valence-corrected chi connectivity index (χ3v) is 1.85. The number of benzene rings is 1. The minimum Gasteiger partial charge on any atom is -0.326 e. The van der Waals surface area contributed by atoms with Gasteiger partial charge in [0.05, 0.1) is 0 Å². The molecule has 0 aromatic heterocycles. The van der Waals surface area contributed by atoms with Gasteiger partial charge < -0.3 is 11.1 Å². The molecule has 1 aromatic carbocycles. The molecule has 0 saturated carbocycles. The summed E-state index contributed by atoms with van der Waals surface area (Å²) in [7, 11) is 0. The van der Waals surface area contributed by atoms with E-state index in [0.717, 1.165) is 0 Å². The zero-order chi connectivity index (χ0) is 11.3. The van der Waals surface area contributed by atoms with Crippen LogP contribution in [0.2, 0.25) is 0 Å². The van der Waals surface area contributed by atoms with E-state index >= 15 is 0 Å². The third-order valence-electron chi connectivity index (χ3n) is 1.85. The second-order valence-corrected chi connectivity index (χ2v) is 3.00. The zero-order valence-electron chi connectivity index (χ0n) is 8.46. The predicted molar refractivity (Wildman–Crippen MR) is 57.7 cm³/mol. The first kappa shape index (κ1) is 11.4. The maximum atomic E-state index is 13.0. The molecular weight excluding hydrogens is 195 g/mol. The van der Waals surface area contributed by atoms with Crippen LogP contribution in [-0.2, 0) is 11.3 Å². The molecule has 3 N–H and O–H groups in total. The number of hydrogen-bond donors (Lipinski definition) is 2. The molecule has 0 aliphatic heterocycles. The fourth-order valence-electron chi connectivity index (χ4n) is 1.14. The fraction of sp³-hybridized carbons (Fsp3) is 0.182. The minimum absolute atomic E-state index is 0.110. The number of halogens is 1. The average molecular weight is 208 g/mol. The molecule has 0 spiro atoms. The molecule has 0 atom stereocenters. The van der Waals surface area contributed by atoms with Crippen molar-refractivity contribution >= 4 is 11.6 Å². The van der Waals surface area contributed by atoms with Crippen LogP contribution in [0, 0.1) is 5.82 Å². The highest BCUT2D eigenvalue weighted by Gasteiger charge is 2.03. The van der Waals surface area contributed by atoms with E-state index in [4.69, 9.17) is 5.73 Å². The molecule has 0 saturated heterocycles.